The molecule has 0 fully saturated rings. The molecule has 0 saturated carbocycles. The van der Waals surface area contributed by atoms with E-state index in [-0.39, 0.29) is 21.7 Å². The molecule has 0 aliphatic heterocycles. The van der Waals surface area contributed by atoms with Crippen LogP contribution in [0.5, 0.6) is 0 Å². The molecule has 1 unspecified atom stereocenters. The Kier molecular flexibility index (Phi) is 5.28. The molecule has 0 aliphatic carbocycles. The molecule has 132 valence electrons. The first-order valence-corrected chi connectivity index (χ1v) is 10.6. The van der Waals surface area contributed by atoms with Gasteiger partial charge < -0.3 is 5.32 Å². The molecule has 1 atom stereocenters. The van der Waals surface area contributed by atoms with Crippen LogP contribution in [0.4, 0.5) is 5.00 Å². The van der Waals surface area contributed by atoms with E-state index in [9.17, 15) is 13.7 Å². The summed E-state index contributed by atoms with van der Waals surface area (Å²) in [6.07, 6.45) is 1.17. The Labute approximate surface area is 161 Å². The van der Waals surface area contributed by atoms with E-state index in [1.54, 1.807) is 18.2 Å². The predicted octanol–water partition coefficient (Wildman–Crippen LogP) is 4.27. The van der Waals surface area contributed by atoms with E-state index in [0.29, 0.717) is 5.00 Å². The van der Waals surface area contributed by atoms with Crippen LogP contribution in [0, 0.1) is 11.3 Å². The van der Waals surface area contributed by atoms with Crippen molar-refractivity contribution < 1.29 is 8.42 Å². The minimum Gasteiger partial charge on any atom is -0.364 e. The number of halogens is 1. The van der Waals surface area contributed by atoms with Gasteiger partial charge in [0.25, 0.3) is 0 Å². The van der Waals surface area contributed by atoms with Gasteiger partial charge in [0.1, 0.15) is 16.6 Å². The third kappa shape index (κ3) is 3.88. The van der Waals surface area contributed by atoms with Crippen molar-refractivity contribution in [1.82, 2.24) is 4.37 Å². The Morgan fingerprint density at radius 3 is 2.50 bits per heavy atom. The fourth-order valence-corrected chi connectivity index (χ4v) is 4.17. The monoisotopic (exact) mass is 403 g/mol. The second-order valence-corrected chi connectivity index (χ2v) is 8.77. The summed E-state index contributed by atoms with van der Waals surface area (Å²) in [5, 5.41) is 13.3. The van der Waals surface area contributed by atoms with Crippen LogP contribution < -0.4 is 5.32 Å². The number of hydrogen-bond donors (Lipinski definition) is 1. The van der Waals surface area contributed by atoms with Crippen LogP contribution in [0.15, 0.2) is 59.5 Å². The lowest BCUT2D eigenvalue weighted by Crippen LogP contribution is -2.13. The second-order valence-electron chi connectivity index (χ2n) is 5.62. The van der Waals surface area contributed by atoms with Gasteiger partial charge in [-0.3, -0.25) is 0 Å². The van der Waals surface area contributed by atoms with Crippen LogP contribution >= 0.6 is 23.1 Å². The first-order valence-electron chi connectivity index (χ1n) is 7.57. The van der Waals surface area contributed by atoms with Gasteiger partial charge in [-0.2, -0.15) is 9.64 Å². The second kappa shape index (κ2) is 7.46. The Hall–Kier alpha value is -2.40. The molecule has 0 aliphatic rings. The van der Waals surface area contributed by atoms with Gasteiger partial charge in [-0.1, -0.05) is 54.1 Å². The third-order valence-electron chi connectivity index (χ3n) is 3.79. The summed E-state index contributed by atoms with van der Waals surface area (Å²) in [4.78, 5) is 0.237. The summed E-state index contributed by atoms with van der Waals surface area (Å²) in [5.74, 6) is 0. The number of aromatic nitrogens is 1. The number of anilines is 1. The highest BCUT2D eigenvalue weighted by atomic mass is 35.5. The van der Waals surface area contributed by atoms with Crippen LogP contribution in [0.3, 0.4) is 0 Å². The summed E-state index contributed by atoms with van der Waals surface area (Å²) in [5.41, 5.74) is 1.95. The molecule has 0 amide bonds. The smallest absolute Gasteiger partial charge is 0.175 e. The average Bonchev–Trinajstić information content (AvgIpc) is 2.99. The minimum absolute atomic E-state index is 0.150. The Morgan fingerprint density at radius 2 is 1.85 bits per heavy atom. The van der Waals surface area contributed by atoms with Crippen LogP contribution in [0.25, 0.3) is 0 Å². The molecule has 2 aromatic carbocycles. The van der Waals surface area contributed by atoms with E-state index in [1.165, 1.54) is 6.26 Å². The summed E-state index contributed by atoms with van der Waals surface area (Å²) < 4.78 is 27.8. The largest absolute Gasteiger partial charge is 0.364 e. The van der Waals surface area contributed by atoms with Crippen molar-refractivity contribution in [3.63, 3.8) is 0 Å². The zero-order valence-electron chi connectivity index (χ0n) is 13.7. The number of nitriles is 1. The number of hydrogen-bond acceptors (Lipinski definition) is 6. The van der Waals surface area contributed by atoms with E-state index in [1.807, 2.05) is 42.5 Å². The maximum absolute atomic E-state index is 11.9. The normalized spacial score (nSPS) is 12.3. The van der Waals surface area contributed by atoms with E-state index in [2.05, 4.69) is 9.69 Å². The van der Waals surface area contributed by atoms with E-state index in [4.69, 9.17) is 11.6 Å². The molecule has 0 radical (unpaired) electrons. The Morgan fingerprint density at radius 1 is 1.15 bits per heavy atom. The van der Waals surface area contributed by atoms with Crippen LogP contribution in [0.1, 0.15) is 22.7 Å². The first-order chi connectivity index (χ1) is 12.4. The van der Waals surface area contributed by atoms with Gasteiger partial charge in [0, 0.05) is 6.26 Å². The van der Waals surface area contributed by atoms with Crippen molar-refractivity contribution in [3.05, 3.63) is 76.4 Å². The predicted molar refractivity (Wildman–Crippen MR) is 103 cm³/mol. The van der Waals surface area contributed by atoms with Gasteiger partial charge in [-0.25, -0.2) is 8.42 Å². The molecule has 1 N–H and O–H groups in total. The van der Waals surface area contributed by atoms with Crippen molar-refractivity contribution >= 4 is 38.0 Å². The zero-order valence-corrected chi connectivity index (χ0v) is 16.1. The Balaban J connectivity index is 2.10. The van der Waals surface area contributed by atoms with E-state index < -0.39 is 9.84 Å². The molecule has 5 nitrogen and oxygen atoms in total. The number of sulfone groups is 1. The molecule has 8 heteroatoms. The first kappa shape index (κ1) is 18.4. The number of nitrogens with one attached hydrogen (secondary N) is 1. The van der Waals surface area contributed by atoms with E-state index in [0.717, 1.165) is 22.7 Å². The highest BCUT2D eigenvalue weighted by Gasteiger charge is 2.20. The highest BCUT2D eigenvalue weighted by Crippen LogP contribution is 2.34. The van der Waals surface area contributed by atoms with Crippen molar-refractivity contribution in [1.29, 1.82) is 5.26 Å². The van der Waals surface area contributed by atoms with Crippen molar-refractivity contribution in [2.75, 3.05) is 11.6 Å². The molecule has 0 bridgehead atoms. The fraction of sp³-hybridized carbons (Fsp3) is 0.111. The van der Waals surface area contributed by atoms with Crippen LogP contribution in [-0.2, 0) is 9.84 Å². The van der Waals surface area contributed by atoms with Crippen molar-refractivity contribution in [2.45, 2.75) is 10.9 Å². The summed E-state index contributed by atoms with van der Waals surface area (Å²) in [6, 6.07) is 18.0. The van der Waals surface area contributed by atoms with Gasteiger partial charge in [0.2, 0.25) is 0 Å². The van der Waals surface area contributed by atoms with Crippen molar-refractivity contribution in [3.8, 4) is 6.07 Å². The molecule has 0 spiro atoms. The number of benzene rings is 2. The lowest BCUT2D eigenvalue weighted by atomic mass is 9.99. The standard InChI is InChI=1S/C18H14ClN3O2S2/c1-26(23,24)14-9-5-8-13(10-14)16(12-6-3-2-4-7-12)21-18-15(11-20)17(19)22-25-18/h2-10,16,21H,1H3. The van der Waals surface area contributed by atoms with Crippen LogP contribution in [-0.4, -0.2) is 19.0 Å². The number of rotatable bonds is 5. The molecular weight excluding hydrogens is 390 g/mol. The van der Waals surface area contributed by atoms with Crippen LogP contribution in [0.2, 0.25) is 5.15 Å². The summed E-state index contributed by atoms with van der Waals surface area (Å²) >= 11 is 7.06. The molecule has 26 heavy (non-hydrogen) atoms. The molecule has 3 aromatic rings. The minimum atomic E-state index is -3.33. The molecule has 1 heterocycles. The summed E-state index contributed by atoms with van der Waals surface area (Å²) in [7, 11) is -3.33. The van der Waals surface area contributed by atoms with Gasteiger partial charge in [0.05, 0.1) is 10.9 Å². The maximum Gasteiger partial charge on any atom is 0.175 e. The average molecular weight is 404 g/mol. The summed E-state index contributed by atoms with van der Waals surface area (Å²) in [6.45, 7) is 0. The fourth-order valence-electron chi connectivity index (χ4n) is 2.53. The molecule has 1 aromatic heterocycles. The van der Waals surface area contributed by atoms with Gasteiger partial charge >= 0.3 is 0 Å². The quantitative estimate of drug-likeness (QED) is 0.687. The topological polar surface area (TPSA) is 82.8 Å². The number of nitrogens with zero attached hydrogens (tertiary/aromatic N) is 2. The van der Waals surface area contributed by atoms with Gasteiger partial charge in [-0.15, -0.1) is 0 Å². The highest BCUT2D eigenvalue weighted by molar-refractivity contribution is 7.90. The molecule has 0 saturated heterocycles. The zero-order chi connectivity index (χ0) is 18.7. The lowest BCUT2D eigenvalue weighted by Gasteiger charge is -2.20. The van der Waals surface area contributed by atoms with E-state index >= 15 is 0 Å². The SMILES string of the molecule is CS(=O)(=O)c1cccc(C(Nc2snc(Cl)c2C#N)c2ccccc2)c1. The third-order valence-corrected chi connectivity index (χ3v) is 6.05. The Bertz CT molecular complexity index is 1070. The van der Waals surface area contributed by atoms with Gasteiger partial charge in [-0.05, 0) is 34.8 Å². The lowest BCUT2D eigenvalue weighted by molar-refractivity contribution is 0.601. The maximum atomic E-state index is 11.9. The molecule has 3 rings (SSSR count). The molecular formula is C18H14ClN3O2S2. The van der Waals surface area contributed by atoms with Crippen molar-refractivity contribution in [2.24, 2.45) is 0 Å². The van der Waals surface area contributed by atoms with Gasteiger partial charge in [0.15, 0.2) is 15.0 Å².